The van der Waals surface area contributed by atoms with Crippen LogP contribution in [0.5, 0.6) is 0 Å². The summed E-state index contributed by atoms with van der Waals surface area (Å²) in [6.45, 7) is 4.75. The lowest BCUT2D eigenvalue weighted by atomic mass is 10.4. The fourth-order valence-corrected chi connectivity index (χ4v) is 0.348. The molecule has 0 atom stereocenters. The van der Waals surface area contributed by atoms with Gasteiger partial charge in [-0.3, -0.25) is 0 Å². The molecule has 0 unspecified atom stereocenters. The van der Waals surface area contributed by atoms with Gasteiger partial charge in [-0.2, -0.15) is 0 Å². The third-order valence-corrected chi connectivity index (χ3v) is 0.685. The summed E-state index contributed by atoms with van der Waals surface area (Å²) < 4.78 is 4.61. The lowest BCUT2D eigenvalue weighted by Crippen LogP contribution is -1.85. The Hall–Kier alpha value is -1.25. The van der Waals surface area contributed by atoms with Crippen molar-refractivity contribution >= 4 is 5.97 Å². The molecule has 0 amide bonds. The maximum Gasteiger partial charge on any atom is 0.327 e. The van der Waals surface area contributed by atoms with E-state index >= 15 is 0 Å². The number of rotatable bonds is 5. The summed E-state index contributed by atoms with van der Waals surface area (Å²) in [6, 6.07) is 0. The maximum absolute atomic E-state index is 9.87. The summed E-state index contributed by atoms with van der Waals surface area (Å²) in [5, 5.41) is 8.11. The number of hydrogen-bond acceptors (Lipinski definition) is 2. The Labute approximate surface area is 59.6 Å². The molecule has 0 aliphatic heterocycles. The molecule has 0 saturated heterocycles. The van der Waals surface area contributed by atoms with Crippen LogP contribution in [-0.4, -0.2) is 11.1 Å². The quantitative estimate of drug-likeness (QED) is 0.357. The van der Waals surface area contributed by atoms with Crippen molar-refractivity contribution in [1.29, 1.82) is 0 Å². The zero-order valence-electron chi connectivity index (χ0n) is 5.49. The molecule has 0 bridgehead atoms. The highest BCUT2D eigenvalue weighted by Crippen LogP contribution is 1.90. The molecule has 1 N–H and O–H groups in total. The average molecular weight is 141 g/mol. The van der Waals surface area contributed by atoms with Gasteiger partial charge in [-0.1, -0.05) is 12.7 Å². The molecule has 0 saturated carbocycles. The fraction of sp³-hybridized carbons (Fsp3) is 0.143. The van der Waals surface area contributed by atoms with Gasteiger partial charge in [0.2, 0.25) is 0 Å². The van der Waals surface area contributed by atoms with Crippen molar-refractivity contribution in [2.24, 2.45) is 0 Å². The molecule has 0 spiro atoms. The Kier molecular flexibility index (Phi) is 5.14. The van der Waals surface area contributed by atoms with E-state index in [-0.39, 0.29) is 0 Å². The van der Waals surface area contributed by atoms with Gasteiger partial charge in [0.1, 0.15) is 6.61 Å². The molecule has 0 aromatic heterocycles. The van der Waals surface area contributed by atoms with E-state index in [0.717, 1.165) is 6.08 Å². The molecule has 0 fully saturated rings. The molecule has 0 heterocycles. The lowest BCUT2D eigenvalue weighted by molar-refractivity contribution is -0.131. The van der Waals surface area contributed by atoms with Gasteiger partial charge in [-0.15, -0.1) is 0 Å². The summed E-state index contributed by atoms with van der Waals surface area (Å²) in [5.41, 5.74) is 0. The second-order valence-electron chi connectivity index (χ2n) is 1.45. The normalized spacial score (nSPS) is 9.60. The predicted molar refractivity (Wildman–Crippen MR) is 37.0 cm³/mol. The minimum atomic E-state index is -0.952. The van der Waals surface area contributed by atoms with Gasteiger partial charge in [-0.05, 0) is 0 Å². The molecule has 0 rings (SSSR count). The van der Waals surface area contributed by atoms with Crippen LogP contribution in [-0.2, 0) is 9.53 Å². The minimum Gasteiger partial charge on any atom is -0.494 e. The van der Waals surface area contributed by atoms with Crippen LogP contribution < -0.4 is 0 Å². The summed E-state index contributed by atoms with van der Waals surface area (Å²) in [5.74, 6) is -0.952. The standard InChI is InChI=1S/C7H9O3/c1-2-10-6-4-3-5-7(8)9/h2-3,5-6H,1,4H2,(H,8,9). The van der Waals surface area contributed by atoms with Crippen LogP contribution in [0.2, 0.25) is 0 Å². The van der Waals surface area contributed by atoms with Gasteiger partial charge >= 0.3 is 5.97 Å². The van der Waals surface area contributed by atoms with Crippen molar-refractivity contribution in [2.75, 3.05) is 0 Å². The molecule has 0 aromatic rings. The average Bonchev–Trinajstić information content (AvgIpc) is 1.87. The number of carbonyl (C=O) groups is 1. The third kappa shape index (κ3) is 6.75. The summed E-state index contributed by atoms with van der Waals surface area (Å²) >= 11 is 0. The topological polar surface area (TPSA) is 46.5 Å². The van der Waals surface area contributed by atoms with Crippen LogP contribution in [0.25, 0.3) is 0 Å². The first-order chi connectivity index (χ1) is 4.77. The van der Waals surface area contributed by atoms with E-state index in [0.29, 0.717) is 6.42 Å². The Morgan fingerprint density at radius 2 is 2.40 bits per heavy atom. The number of carboxylic acid groups (broad SMARTS) is 1. The highest BCUT2D eigenvalue weighted by atomic mass is 16.5. The van der Waals surface area contributed by atoms with Crippen molar-refractivity contribution in [3.8, 4) is 0 Å². The van der Waals surface area contributed by atoms with Crippen molar-refractivity contribution in [1.82, 2.24) is 0 Å². The smallest absolute Gasteiger partial charge is 0.327 e. The van der Waals surface area contributed by atoms with E-state index in [1.54, 1.807) is 0 Å². The van der Waals surface area contributed by atoms with Crippen molar-refractivity contribution < 1.29 is 14.6 Å². The Morgan fingerprint density at radius 3 is 2.90 bits per heavy atom. The Bertz CT molecular complexity index is 138. The molecule has 3 heteroatoms. The second kappa shape index (κ2) is 5.88. The van der Waals surface area contributed by atoms with E-state index in [1.165, 1.54) is 18.9 Å². The van der Waals surface area contributed by atoms with Gasteiger partial charge in [0, 0.05) is 12.5 Å². The zero-order chi connectivity index (χ0) is 7.82. The number of ether oxygens (including phenoxy) is 1. The van der Waals surface area contributed by atoms with E-state index in [1.807, 2.05) is 0 Å². The number of hydrogen-bond donors (Lipinski definition) is 1. The molecule has 0 aromatic carbocycles. The first kappa shape index (κ1) is 8.75. The van der Waals surface area contributed by atoms with Gasteiger partial charge < -0.3 is 9.84 Å². The first-order valence-electron chi connectivity index (χ1n) is 2.75. The van der Waals surface area contributed by atoms with Crippen LogP contribution in [0.15, 0.2) is 25.0 Å². The van der Waals surface area contributed by atoms with E-state index < -0.39 is 5.97 Å². The van der Waals surface area contributed by atoms with Gasteiger partial charge in [0.05, 0.1) is 6.26 Å². The van der Waals surface area contributed by atoms with E-state index in [2.05, 4.69) is 11.3 Å². The SMILES string of the molecule is C=CO[CH]CC=CC(=O)O. The predicted octanol–water partition coefficient (Wildman–Crippen LogP) is 1.34. The third-order valence-electron chi connectivity index (χ3n) is 0.685. The van der Waals surface area contributed by atoms with Crippen molar-refractivity contribution in [3.63, 3.8) is 0 Å². The first-order valence-corrected chi connectivity index (χ1v) is 2.75. The fourth-order valence-electron chi connectivity index (χ4n) is 0.348. The van der Waals surface area contributed by atoms with Crippen LogP contribution in [0.4, 0.5) is 0 Å². The molecule has 3 nitrogen and oxygen atoms in total. The monoisotopic (exact) mass is 141 g/mol. The number of carboxylic acids is 1. The lowest BCUT2D eigenvalue weighted by Gasteiger charge is -1.91. The Balaban J connectivity index is 3.18. The zero-order valence-corrected chi connectivity index (χ0v) is 5.49. The van der Waals surface area contributed by atoms with Gasteiger partial charge in [0.15, 0.2) is 0 Å². The summed E-state index contributed by atoms with van der Waals surface area (Å²) in [4.78, 5) is 9.87. The van der Waals surface area contributed by atoms with Crippen molar-refractivity contribution in [2.45, 2.75) is 6.42 Å². The maximum atomic E-state index is 9.87. The summed E-state index contributed by atoms with van der Waals surface area (Å²) in [6.07, 6.45) is 4.28. The number of aliphatic carboxylic acids is 1. The molecular formula is C7H9O3. The van der Waals surface area contributed by atoms with Crippen LogP contribution >= 0.6 is 0 Å². The Morgan fingerprint density at radius 1 is 1.70 bits per heavy atom. The largest absolute Gasteiger partial charge is 0.494 e. The molecule has 0 aliphatic carbocycles. The van der Waals surface area contributed by atoms with Crippen LogP contribution in [0.3, 0.4) is 0 Å². The van der Waals surface area contributed by atoms with Crippen LogP contribution in [0, 0.1) is 6.61 Å². The minimum absolute atomic E-state index is 0.471. The molecule has 55 valence electrons. The van der Waals surface area contributed by atoms with E-state index in [9.17, 15) is 4.79 Å². The molecule has 0 aliphatic rings. The van der Waals surface area contributed by atoms with Gasteiger partial charge in [0.25, 0.3) is 0 Å². The second-order valence-corrected chi connectivity index (χ2v) is 1.45. The van der Waals surface area contributed by atoms with Gasteiger partial charge in [-0.25, -0.2) is 4.79 Å². The highest BCUT2D eigenvalue weighted by Gasteiger charge is 1.84. The molecule has 1 radical (unpaired) electrons. The molecular weight excluding hydrogens is 132 g/mol. The van der Waals surface area contributed by atoms with E-state index in [4.69, 9.17) is 5.11 Å². The molecule has 10 heavy (non-hydrogen) atoms. The summed E-state index contributed by atoms with van der Waals surface area (Å²) in [7, 11) is 0. The van der Waals surface area contributed by atoms with Crippen LogP contribution in [0.1, 0.15) is 6.42 Å². The highest BCUT2D eigenvalue weighted by molar-refractivity contribution is 5.79. The van der Waals surface area contributed by atoms with Crippen molar-refractivity contribution in [3.05, 3.63) is 31.6 Å².